The number of para-hydroxylation sites is 1. The predicted molar refractivity (Wildman–Crippen MR) is 99.8 cm³/mol. The minimum atomic E-state index is -0.731. The first-order valence-corrected chi connectivity index (χ1v) is 8.35. The molecule has 0 fully saturated rings. The van der Waals surface area contributed by atoms with E-state index in [1.54, 1.807) is 25.1 Å². The molecule has 7 heteroatoms. The molecule has 0 saturated heterocycles. The molecule has 1 heterocycles. The van der Waals surface area contributed by atoms with Crippen LogP contribution in [0.4, 0.5) is 4.79 Å². The summed E-state index contributed by atoms with van der Waals surface area (Å²) >= 11 is 6.27. The SMILES string of the molecule is CCOC(=O)NNC(=O)c1cc(-c2ccccc2Cl)nc2ccccc12. The molecular formula is C19H16ClN3O3. The van der Waals surface area contributed by atoms with Crippen molar-refractivity contribution in [3.8, 4) is 11.3 Å². The molecule has 0 aliphatic carbocycles. The molecule has 3 rings (SSSR count). The highest BCUT2D eigenvalue weighted by Gasteiger charge is 2.15. The highest BCUT2D eigenvalue weighted by atomic mass is 35.5. The molecule has 1 aromatic heterocycles. The summed E-state index contributed by atoms with van der Waals surface area (Å²) in [7, 11) is 0. The molecule has 3 aromatic rings. The molecule has 132 valence electrons. The van der Waals surface area contributed by atoms with Gasteiger partial charge in [-0.25, -0.2) is 15.2 Å². The Balaban J connectivity index is 2.02. The second kappa shape index (κ2) is 7.84. The zero-order valence-corrected chi connectivity index (χ0v) is 14.7. The molecule has 0 spiro atoms. The Morgan fingerprint density at radius 2 is 1.81 bits per heavy atom. The van der Waals surface area contributed by atoms with Crippen molar-refractivity contribution in [2.75, 3.05) is 6.61 Å². The Morgan fingerprint density at radius 1 is 1.08 bits per heavy atom. The Morgan fingerprint density at radius 3 is 2.58 bits per heavy atom. The van der Waals surface area contributed by atoms with Crippen LogP contribution in [0.2, 0.25) is 5.02 Å². The number of aromatic nitrogens is 1. The van der Waals surface area contributed by atoms with Crippen LogP contribution in [0, 0.1) is 0 Å². The first-order valence-electron chi connectivity index (χ1n) is 7.98. The number of carbonyl (C=O) groups excluding carboxylic acids is 2. The van der Waals surface area contributed by atoms with Gasteiger partial charge in [0.1, 0.15) is 0 Å². The number of carbonyl (C=O) groups is 2. The van der Waals surface area contributed by atoms with Gasteiger partial charge in [0.15, 0.2) is 0 Å². The largest absolute Gasteiger partial charge is 0.449 e. The van der Waals surface area contributed by atoms with Crippen LogP contribution >= 0.6 is 11.6 Å². The van der Waals surface area contributed by atoms with E-state index in [4.69, 9.17) is 16.3 Å². The second-order valence-corrected chi connectivity index (χ2v) is 5.76. The maximum atomic E-state index is 12.6. The van der Waals surface area contributed by atoms with E-state index in [0.717, 1.165) is 0 Å². The van der Waals surface area contributed by atoms with Gasteiger partial charge in [0.25, 0.3) is 5.91 Å². The average Bonchev–Trinajstić information content (AvgIpc) is 2.66. The summed E-state index contributed by atoms with van der Waals surface area (Å²) in [6, 6.07) is 16.2. The van der Waals surface area contributed by atoms with Crippen LogP contribution in [0.3, 0.4) is 0 Å². The molecule has 26 heavy (non-hydrogen) atoms. The number of pyridine rings is 1. The Labute approximate surface area is 155 Å². The van der Waals surface area contributed by atoms with Crippen LogP contribution < -0.4 is 10.9 Å². The van der Waals surface area contributed by atoms with Crippen molar-refractivity contribution in [3.63, 3.8) is 0 Å². The molecule has 6 nitrogen and oxygen atoms in total. The summed E-state index contributed by atoms with van der Waals surface area (Å²) in [6.07, 6.45) is -0.731. The lowest BCUT2D eigenvalue weighted by Crippen LogP contribution is -2.42. The molecule has 0 aliphatic rings. The molecule has 0 saturated carbocycles. The van der Waals surface area contributed by atoms with Crippen LogP contribution in [0.1, 0.15) is 17.3 Å². The number of nitrogens with one attached hydrogen (secondary N) is 2. The third-order valence-electron chi connectivity index (χ3n) is 3.66. The first-order chi connectivity index (χ1) is 12.6. The fourth-order valence-electron chi connectivity index (χ4n) is 2.51. The van der Waals surface area contributed by atoms with Gasteiger partial charge in [0.05, 0.1) is 23.4 Å². The molecular weight excluding hydrogens is 354 g/mol. The monoisotopic (exact) mass is 369 g/mol. The minimum absolute atomic E-state index is 0.205. The molecule has 2 N–H and O–H groups in total. The minimum Gasteiger partial charge on any atom is -0.449 e. The average molecular weight is 370 g/mol. The van der Waals surface area contributed by atoms with E-state index in [-0.39, 0.29) is 6.61 Å². The van der Waals surface area contributed by atoms with E-state index in [2.05, 4.69) is 15.8 Å². The van der Waals surface area contributed by atoms with Crippen molar-refractivity contribution >= 4 is 34.5 Å². The van der Waals surface area contributed by atoms with Gasteiger partial charge in [-0.15, -0.1) is 0 Å². The summed E-state index contributed by atoms with van der Waals surface area (Å²) in [6.45, 7) is 1.88. The fourth-order valence-corrected chi connectivity index (χ4v) is 2.75. The van der Waals surface area contributed by atoms with Crippen molar-refractivity contribution < 1.29 is 14.3 Å². The first kappa shape index (κ1) is 17.7. The number of fused-ring (bicyclic) bond motifs is 1. The highest BCUT2D eigenvalue weighted by molar-refractivity contribution is 6.33. The number of nitrogens with zero attached hydrogens (tertiary/aromatic N) is 1. The summed E-state index contributed by atoms with van der Waals surface area (Å²) in [5.74, 6) is -0.482. The van der Waals surface area contributed by atoms with E-state index in [1.165, 1.54) is 0 Å². The van der Waals surface area contributed by atoms with Gasteiger partial charge in [-0.1, -0.05) is 48.0 Å². The number of hydrazine groups is 1. The van der Waals surface area contributed by atoms with Crippen molar-refractivity contribution in [2.45, 2.75) is 6.92 Å². The van der Waals surface area contributed by atoms with Gasteiger partial charge >= 0.3 is 6.09 Å². The maximum Gasteiger partial charge on any atom is 0.426 e. The third-order valence-corrected chi connectivity index (χ3v) is 3.99. The van der Waals surface area contributed by atoms with Crippen LogP contribution in [0.15, 0.2) is 54.6 Å². The molecule has 2 aromatic carbocycles. The van der Waals surface area contributed by atoms with Gasteiger partial charge in [-0.3, -0.25) is 10.2 Å². The van der Waals surface area contributed by atoms with Crippen LogP contribution in [0.25, 0.3) is 22.2 Å². The lowest BCUT2D eigenvalue weighted by atomic mass is 10.0. The van der Waals surface area contributed by atoms with Crippen LogP contribution in [-0.2, 0) is 4.74 Å². The normalized spacial score (nSPS) is 10.4. The van der Waals surface area contributed by atoms with E-state index < -0.39 is 12.0 Å². The predicted octanol–water partition coefficient (Wildman–Crippen LogP) is 3.95. The lowest BCUT2D eigenvalue weighted by molar-refractivity contribution is 0.0914. The maximum absolute atomic E-state index is 12.6. The molecule has 0 unspecified atom stereocenters. The van der Waals surface area contributed by atoms with E-state index >= 15 is 0 Å². The number of halogens is 1. The number of benzene rings is 2. The van der Waals surface area contributed by atoms with Gasteiger partial charge < -0.3 is 4.74 Å². The van der Waals surface area contributed by atoms with Gasteiger partial charge in [0.2, 0.25) is 0 Å². The quantitative estimate of drug-likeness (QED) is 0.685. The lowest BCUT2D eigenvalue weighted by Gasteiger charge is -2.12. The molecule has 0 bridgehead atoms. The van der Waals surface area contributed by atoms with E-state index in [0.29, 0.717) is 32.7 Å². The molecule has 0 aliphatic heterocycles. The number of hydrogen-bond donors (Lipinski definition) is 2. The standard InChI is InChI=1S/C19H16ClN3O3/c1-2-26-19(25)23-22-18(24)14-11-17(13-8-3-5-9-15(13)20)21-16-10-6-4-7-12(14)16/h3-11H,2H2,1H3,(H,22,24)(H,23,25). The third kappa shape index (κ3) is 3.75. The van der Waals surface area contributed by atoms with Crippen LogP contribution in [-0.4, -0.2) is 23.6 Å². The van der Waals surface area contributed by atoms with Crippen LogP contribution in [0.5, 0.6) is 0 Å². The van der Waals surface area contributed by atoms with Gasteiger partial charge in [0, 0.05) is 16.0 Å². The molecule has 0 radical (unpaired) electrons. The summed E-state index contributed by atoms with van der Waals surface area (Å²) in [5.41, 5.74) is 6.84. The van der Waals surface area contributed by atoms with Gasteiger partial charge in [-0.2, -0.15) is 0 Å². The highest BCUT2D eigenvalue weighted by Crippen LogP contribution is 2.29. The Bertz CT molecular complexity index is 975. The van der Waals surface area contributed by atoms with Crippen molar-refractivity contribution in [1.82, 2.24) is 15.8 Å². The number of amides is 2. The van der Waals surface area contributed by atoms with Crippen molar-refractivity contribution in [3.05, 3.63) is 65.2 Å². The summed E-state index contributed by atoms with van der Waals surface area (Å²) < 4.78 is 4.73. The van der Waals surface area contributed by atoms with Gasteiger partial charge in [-0.05, 0) is 25.1 Å². The fraction of sp³-hybridized carbons (Fsp3) is 0.105. The summed E-state index contributed by atoms with van der Waals surface area (Å²) in [4.78, 5) is 28.6. The second-order valence-electron chi connectivity index (χ2n) is 5.35. The van der Waals surface area contributed by atoms with Crippen molar-refractivity contribution in [1.29, 1.82) is 0 Å². The summed E-state index contributed by atoms with van der Waals surface area (Å²) in [5, 5.41) is 1.19. The van der Waals surface area contributed by atoms with Crippen molar-refractivity contribution in [2.24, 2.45) is 0 Å². The van der Waals surface area contributed by atoms with E-state index in [9.17, 15) is 9.59 Å². The number of ether oxygens (including phenoxy) is 1. The molecule has 2 amide bonds. The topological polar surface area (TPSA) is 80.3 Å². The Hall–Kier alpha value is -3.12. The Kier molecular flexibility index (Phi) is 5.34. The zero-order chi connectivity index (χ0) is 18.5. The zero-order valence-electron chi connectivity index (χ0n) is 14.0. The number of hydrogen-bond acceptors (Lipinski definition) is 4. The smallest absolute Gasteiger partial charge is 0.426 e. The van der Waals surface area contributed by atoms with E-state index in [1.807, 2.05) is 36.4 Å². The number of rotatable bonds is 3. The molecule has 0 atom stereocenters.